The molecule has 0 bridgehead atoms. The van der Waals surface area contributed by atoms with Gasteiger partial charge in [0.15, 0.2) is 11.5 Å². The van der Waals surface area contributed by atoms with Crippen molar-refractivity contribution in [3.05, 3.63) is 23.8 Å². The molecule has 0 aliphatic carbocycles. The maximum Gasteiger partial charge on any atom is 0.508 e. The molecule has 2 unspecified atom stereocenters. The van der Waals surface area contributed by atoms with Gasteiger partial charge < -0.3 is 29.8 Å². The molecule has 220 valence electrons. The standard InChI is InChI=1S/C29H45NO9/c1-9-12-15-36-27(35)37-17-18(4)22(23(30)24(31)32)19-13-14-20(38-25(33)28(5,6)10-2)21(16-19)39-26(34)29(7,8)11-3/h13-14,16,18,22-23H,9-12,15,17,30H2,1-8H3,(H,31,32)/t18?,22?,23-/m0/s1. The molecular weight excluding hydrogens is 506 g/mol. The molecule has 0 saturated carbocycles. The summed E-state index contributed by atoms with van der Waals surface area (Å²) in [5, 5.41) is 9.71. The third kappa shape index (κ3) is 9.84. The van der Waals surface area contributed by atoms with Gasteiger partial charge in [-0.25, -0.2) is 4.79 Å². The first kappa shape index (κ1) is 33.9. The highest BCUT2D eigenvalue weighted by atomic mass is 16.7. The first-order chi connectivity index (χ1) is 18.1. The second-order valence-corrected chi connectivity index (χ2v) is 11.1. The molecule has 0 saturated heterocycles. The fourth-order valence-electron chi connectivity index (χ4n) is 3.35. The van der Waals surface area contributed by atoms with Gasteiger partial charge in [0.25, 0.3) is 0 Å². The molecule has 0 aliphatic rings. The van der Waals surface area contributed by atoms with Crippen LogP contribution in [-0.4, -0.2) is 48.4 Å². The van der Waals surface area contributed by atoms with E-state index in [1.807, 2.05) is 20.8 Å². The zero-order chi connectivity index (χ0) is 30.0. The van der Waals surface area contributed by atoms with Crippen LogP contribution in [0.5, 0.6) is 11.5 Å². The van der Waals surface area contributed by atoms with Crippen molar-refractivity contribution in [3.63, 3.8) is 0 Å². The zero-order valence-electron chi connectivity index (χ0n) is 24.5. The van der Waals surface area contributed by atoms with E-state index in [1.165, 1.54) is 12.1 Å². The fraction of sp³-hybridized carbons (Fsp3) is 0.655. The van der Waals surface area contributed by atoms with E-state index in [9.17, 15) is 24.3 Å². The van der Waals surface area contributed by atoms with Crippen LogP contribution in [0, 0.1) is 16.7 Å². The van der Waals surface area contributed by atoms with Crippen LogP contribution in [0.3, 0.4) is 0 Å². The molecule has 39 heavy (non-hydrogen) atoms. The molecule has 0 spiro atoms. The van der Waals surface area contributed by atoms with Crippen LogP contribution >= 0.6 is 0 Å². The van der Waals surface area contributed by atoms with Crippen LogP contribution < -0.4 is 15.2 Å². The highest BCUT2D eigenvalue weighted by molar-refractivity contribution is 5.81. The Balaban J connectivity index is 3.43. The number of ether oxygens (including phenoxy) is 4. The van der Waals surface area contributed by atoms with Gasteiger partial charge in [0.05, 0.1) is 24.0 Å². The topological polar surface area (TPSA) is 151 Å². The quantitative estimate of drug-likeness (QED) is 0.163. The largest absolute Gasteiger partial charge is 0.508 e. The van der Waals surface area contributed by atoms with Gasteiger partial charge in [0, 0.05) is 5.92 Å². The number of benzene rings is 1. The highest BCUT2D eigenvalue weighted by Gasteiger charge is 2.35. The van der Waals surface area contributed by atoms with Gasteiger partial charge in [-0.3, -0.25) is 14.4 Å². The lowest BCUT2D eigenvalue weighted by Gasteiger charge is -2.28. The SMILES string of the molecule is CCCCOC(=O)OCC(C)C(c1ccc(OC(=O)C(C)(C)CC)c(OC(=O)C(C)(C)CC)c1)[C@H](N)C(=O)O. The zero-order valence-corrected chi connectivity index (χ0v) is 24.5. The molecule has 0 aliphatic heterocycles. The Morgan fingerprint density at radius 2 is 1.44 bits per heavy atom. The van der Waals surface area contributed by atoms with Gasteiger partial charge in [-0.05, 0) is 70.6 Å². The minimum Gasteiger partial charge on any atom is -0.480 e. The average molecular weight is 552 g/mol. The van der Waals surface area contributed by atoms with Crippen molar-refractivity contribution < 1.29 is 43.2 Å². The van der Waals surface area contributed by atoms with E-state index >= 15 is 0 Å². The number of aliphatic carboxylic acids is 1. The second-order valence-electron chi connectivity index (χ2n) is 11.1. The van der Waals surface area contributed by atoms with E-state index in [0.29, 0.717) is 24.8 Å². The van der Waals surface area contributed by atoms with Crippen LogP contribution in [0.15, 0.2) is 18.2 Å². The number of esters is 2. The number of carbonyl (C=O) groups is 4. The molecule has 0 radical (unpaired) electrons. The van der Waals surface area contributed by atoms with E-state index in [1.54, 1.807) is 40.7 Å². The second kappa shape index (κ2) is 14.9. The minimum absolute atomic E-state index is 0.0246. The Labute approximate surface area is 231 Å². The lowest BCUT2D eigenvalue weighted by atomic mass is 9.82. The predicted molar refractivity (Wildman–Crippen MR) is 146 cm³/mol. The number of carboxylic acid groups (broad SMARTS) is 1. The summed E-state index contributed by atoms with van der Waals surface area (Å²) in [5.74, 6) is -3.72. The summed E-state index contributed by atoms with van der Waals surface area (Å²) in [6.07, 6.45) is 1.72. The first-order valence-electron chi connectivity index (χ1n) is 13.5. The average Bonchev–Trinajstić information content (AvgIpc) is 2.88. The van der Waals surface area contributed by atoms with E-state index in [-0.39, 0.29) is 24.7 Å². The lowest BCUT2D eigenvalue weighted by molar-refractivity contribution is -0.147. The number of hydrogen-bond acceptors (Lipinski definition) is 9. The molecule has 0 aromatic heterocycles. The van der Waals surface area contributed by atoms with Crippen molar-refractivity contribution in [1.82, 2.24) is 0 Å². The first-order valence-corrected chi connectivity index (χ1v) is 13.5. The lowest BCUT2D eigenvalue weighted by Crippen LogP contribution is -2.40. The molecule has 0 heterocycles. The van der Waals surface area contributed by atoms with Crippen molar-refractivity contribution >= 4 is 24.1 Å². The van der Waals surface area contributed by atoms with E-state index in [2.05, 4.69) is 0 Å². The van der Waals surface area contributed by atoms with Gasteiger partial charge in [-0.1, -0.05) is 40.2 Å². The number of nitrogens with two attached hydrogens (primary N) is 1. The molecule has 1 aromatic carbocycles. The van der Waals surface area contributed by atoms with Crippen molar-refractivity contribution in [3.8, 4) is 11.5 Å². The van der Waals surface area contributed by atoms with Gasteiger partial charge >= 0.3 is 24.1 Å². The van der Waals surface area contributed by atoms with Crippen LogP contribution in [0.1, 0.15) is 92.6 Å². The minimum atomic E-state index is -1.37. The van der Waals surface area contributed by atoms with E-state index < -0.39 is 52.8 Å². The van der Waals surface area contributed by atoms with Gasteiger partial charge in [-0.2, -0.15) is 0 Å². The third-order valence-corrected chi connectivity index (χ3v) is 7.10. The summed E-state index contributed by atoms with van der Waals surface area (Å²) < 4.78 is 21.5. The summed E-state index contributed by atoms with van der Waals surface area (Å²) in [4.78, 5) is 49.6. The molecule has 0 amide bonds. The van der Waals surface area contributed by atoms with Crippen molar-refractivity contribution in [2.45, 2.75) is 93.0 Å². The van der Waals surface area contributed by atoms with Crippen molar-refractivity contribution in [2.75, 3.05) is 13.2 Å². The number of unbranched alkanes of at least 4 members (excludes halogenated alkanes) is 1. The molecular formula is C29H45NO9. The predicted octanol–water partition coefficient (Wildman–Crippen LogP) is 5.45. The molecule has 1 aromatic rings. The van der Waals surface area contributed by atoms with Crippen LogP contribution in [0.2, 0.25) is 0 Å². The molecule has 3 N–H and O–H groups in total. The molecule has 0 fully saturated rings. The number of rotatable bonds is 15. The molecule has 10 heteroatoms. The summed E-state index contributed by atoms with van der Waals surface area (Å²) in [7, 11) is 0. The fourth-order valence-corrected chi connectivity index (χ4v) is 3.35. The van der Waals surface area contributed by atoms with Crippen LogP contribution in [0.4, 0.5) is 4.79 Å². The maximum atomic E-state index is 12.9. The highest BCUT2D eigenvalue weighted by Crippen LogP contribution is 2.38. The summed E-state index contributed by atoms with van der Waals surface area (Å²) in [6, 6.07) is 3.10. The van der Waals surface area contributed by atoms with E-state index in [0.717, 1.165) is 6.42 Å². The number of carbonyl (C=O) groups excluding carboxylic acids is 3. The normalized spacial score (nSPS) is 14.1. The molecule has 1 rings (SSSR count). The summed E-state index contributed by atoms with van der Waals surface area (Å²) in [6.45, 7) is 14.4. The smallest absolute Gasteiger partial charge is 0.480 e. The third-order valence-electron chi connectivity index (χ3n) is 7.10. The Morgan fingerprint density at radius 3 is 1.92 bits per heavy atom. The van der Waals surface area contributed by atoms with Crippen LogP contribution in [0.25, 0.3) is 0 Å². The van der Waals surface area contributed by atoms with E-state index in [4.69, 9.17) is 24.7 Å². The van der Waals surface area contributed by atoms with Gasteiger partial charge in [-0.15, -0.1) is 0 Å². The summed E-state index contributed by atoms with van der Waals surface area (Å²) >= 11 is 0. The monoisotopic (exact) mass is 551 g/mol. The van der Waals surface area contributed by atoms with Crippen molar-refractivity contribution in [2.24, 2.45) is 22.5 Å². The van der Waals surface area contributed by atoms with Gasteiger partial charge in [0.1, 0.15) is 6.04 Å². The Hall–Kier alpha value is -3.14. The molecule has 3 atom stereocenters. The summed E-state index contributed by atoms with van der Waals surface area (Å²) in [5.41, 5.74) is 4.87. The number of carboxylic acids is 1. The van der Waals surface area contributed by atoms with Crippen LogP contribution in [-0.2, 0) is 23.9 Å². The number of hydrogen-bond donors (Lipinski definition) is 2. The van der Waals surface area contributed by atoms with Crippen molar-refractivity contribution in [1.29, 1.82) is 0 Å². The Morgan fingerprint density at radius 1 is 0.897 bits per heavy atom. The molecule has 10 nitrogen and oxygen atoms in total. The van der Waals surface area contributed by atoms with Gasteiger partial charge in [0.2, 0.25) is 0 Å². The maximum absolute atomic E-state index is 12.9. The Bertz CT molecular complexity index is 1000. The Kier molecular flexibility index (Phi) is 12.9.